The third kappa shape index (κ3) is 3.86. The molecule has 0 unspecified atom stereocenters. The number of allylic oxidation sites excluding steroid dienone is 1. The van der Waals surface area contributed by atoms with Crippen LogP contribution >= 0.6 is 0 Å². The Balaban J connectivity index is 1.47. The van der Waals surface area contributed by atoms with Crippen LogP contribution in [0.15, 0.2) is 53.2 Å². The van der Waals surface area contributed by atoms with Gasteiger partial charge in [-0.05, 0) is 67.9 Å². The van der Waals surface area contributed by atoms with Crippen molar-refractivity contribution in [2.75, 3.05) is 6.54 Å². The van der Waals surface area contributed by atoms with Crippen molar-refractivity contribution < 1.29 is 9.26 Å². The third-order valence-electron chi connectivity index (χ3n) is 6.62. The van der Waals surface area contributed by atoms with E-state index in [2.05, 4.69) is 54.8 Å². The van der Waals surface area contributed by atoms with E-state index < -0.39 is 0 Å². The number of aromatic nitrogens is 2. The third-order valence-corrected chi connectivity index (χ3v) is 6.62. The average Bonchev–Trinajstić information content (AvgIpc) is 3.48. The molecule has 174 valence electrons. The minimum atomic E-state index is -0.0127. The van der Waals surface area contributed by atoms with Crippen molar-refractivity contribution in [1.82, 2.24) is 15.0 Å². The van der Waals surface area contributed by atoms with E-state index in [0.717, 1.165) is 24.9 Å². The van der Waals surface area contributed by atoms with Crippen molar-refractivity contribution in [2.45, 2.75) is 52.7 Å². The van der Waals surface area contributed by atoms with Crippen molar-refractivity contribution in [3.05, 3.63) is 65.4 Å². The Morgan fingerprint density at radius 3 is 2.76 bits per heavy atom. The van der Waals surface area contributed by atoms with Gasteiger partial charge in [-0.1, -0.05) is 43.8 Å². The normalized spacial score (nSPS) is 19.0. The van der Waals surface area contributed by atoms with Crippen LogP contribution in [0.5, 0.6) is 5.75 Å². The minimum Gasteiger partial charge on any atom is -0.490 e. The van der Waals surface area contributed by atoms with Crippen molar-refractivity contribution in [1.29, 1.82) is 5.26 Å². The zero-order valence-electron chi connectivity index (χ0n) is 20.2. The molecule has 1 saturated heterocycles. The predicted molar refractivity (Wildman–Crippen MR) is 131 cm³/mol. The van der Waals surface area contributed by atoms with Crippen molar-refractivity contribution in [2.24, 2.45) is 11.8 Å². The molecule has 1 aliphatic heterocycles. The molecule has 1 aliphatic carbocycles. The first-order valence-electron chi connectivity index (χ1n) is 12.0. The van der Waals surface area contributed by atoms with Crippen LogP contribution in [0.3, 0.4) is 0 Å². The van der Waals surface area contributed by atoms with Crippen LogP contribution in [0, 0.1) is 23.2 Å². The number of fused-ring (bicyclic) bond motifs is 3. The van der Waals surface area contributed by atoms with Crippen molar-refractivity contribution in [3.8, 4) is 34.7 Å². The molecule has 0 amide bonds. The van der Waals surface area contributed by atoms with E-state index in [4.69, 9.17) is 14.2 Å². The van der Waals surface area contributed by atoms with Crippen LogP contribution in [0.4, 0.5) is 0 Å². The van der Waals surface area contributed by atoms with Gasteiger partial charge in [0.15, 0.2) is 0 Å². The summed E-state index contributed by atoms with van der Waals surface area (Å²) in [6.07, 6.45) is 2.01. The Morgan fingerprint density at radius 2 is 2.03 bits per heavy atom. The molecule has 3 aromatic rings. The quantitative estimate of drug-likeness (QED) is 0.445. The molecule has 0 saturated carbocycles. The highest BCUT2D eigenvalue weighted by Gasteiger charge is 2.43. The Bertz CT molecular complexity index is 1280. The maximum atomic E-state index is 9.56. The van der Waals surface area contributed by atoms with Gasteiger partial charge in [-0.2, -0.15) is 10.2 Å². The average molecular weight is 455 g/mol. The van der Waals surface area contributed by atoms with Gasteiger partial charge in [-0.3, -0.25) is 0 Å². The second-order valence-electron chi connectivity index (χ2n) is 10.0. The molecule has 5 rings (SSSR count). The van der Waals surface area contributed by atoms with Gasteiger partial charge in [-0.15, -0.1) is 0 Å². The predicted octanol–water partition coefficient (Wildman–Crippen LogP) is 6.15. The zero-order valence-corrected chi connectivity index (χ0v) is 20.2. The van der Waals surface area contributed by atoms with E-state index >= 15 is 0 Å². The van der Waals surface area contributed by atoms with Gasteiger partial charge >= 0.3 is 0 Å². The highest BCUT2D eigenvalue weighted by Crippen LogP contribution is 2.52. The molecular formula is C28H30N4O2. The van der Waals surface area contributed by atoms with E-state index in [0.29, 0.717) is 46.5 Å². The number of hydrogen-bond acceptors (Lipinski definition) is 6. The van der Waals surface area contributed by atoms with E-state index in [1.54, 1.807) is 12.1 Å². The van der Waals surface area contributed by atoms with Crippen LogP contribution in [-0.4, -0.2) is 27.7 Å². The number of nitriles is 1. The Morgan fingerprint density at radius 1 is 1.21 bits per heavy atom. The second-order valence-corrected chi connectivity index (χ2v) is 10.0. The molecule has 6 nitrogen and oxygen atoms in total. The Kier molecular flexibility index (Phi) is 5.65. The summed E-state index contributed by atoms with van der Waals surface area (Å²) in [5, 5.41) is 13.9. The molecule has 2 aromatic carbocycles. The molecule has 34 heavy (non-hydrogen) atoms. The van der Waals surface area contributed by atoms with Gasteiger partial charge in [0, 0.05) is 23.4 Å². The summed E-state index contributed by atoms with van der Waals surface area (Å²) in [5.41, 5.74) is 6.09. The van der Waals surface area contributed by atoms with Gasteiger partial charge in [0.05, 0.1) is 17.7 Å². The summed E-state index contributed by atoms with van der Waals surface area (Å²) in [6.45, 7) is 13.8. The van der Waals surface area contributed by atoms with E-state index in [9.17, 15) is 5.26 Å². The summed E-state index contributed by atoms with van der Waals surface area (Å²) in [6, 6.07) is 14.4. The van der Waals surface area contributed by atoms with Gasteiger partial charge in [0.25, 0.3) is 5.89 Å². The molecule has 1 aromatic heterocycles. The lowest BCUT2D eigenvalue weighted by atomic mass is 10.0. The monoisotopic (exact) mass is 454 g/mol. The molecule has 0 radical (unpaired) electrons. The van der Waals surface area contributed by atoms with Gasteiger partial charge < -0.3 is 14.2 Å². The van der Waals surface area contributed by atoms with Crippen LogP contribution in [0.2, 0.25) is 0 Å². The largest absolute Gasteiger partial charge is 0.490 e. The molecule has 6 heteroatoms. The van der Waals surface area contributed by atoms with E-state index in [1.807, 2.05) is 19.9 Å². The lowest BCUT2D eigenvalue weighted by molar-refractivity contribution is 0.241. The first-order valence-corrected chi connectivity index (χ1v) is 12.0. The number of hydrogen-bond donors (Lipinski definition) is 0. The highest BCUT2D eigenvalue weighted by molar-refractivity contribution is 5.67. The molecular weight excluding hydrogens is 424 g/mol. The van der Waals surface area contributed by atoms with Crippen molar-refractivity contribution in [3.63, 3.8) is 0 Å². The fourth-order valence-corrected chi connectivity index (χ4v) is 5.36. The minimum absolute atomic E-state index is 0.0127. The number of likely N-dealkylation sites (tertiary alicyclic amines) is 1. The standard InChI is InChI=1S/C28H30N4O2/c1-16(2)15-32-18(5)11-20-13-24-22(26(20)32)7-6-8-23(24)27-30-28(34-31-27)19-9-10-25(33-17(3)4)21(12-19)14-29/h6-10,12,16-17,20,26H,5,11,13,15H2,1-4H3/t20-,26-/m1/s1. The SMILES string of the molecule is C=C1C[C@@H]2Cc3c(-c4noc(-c5ccc(OC(C)C)c(C#N)c5)n4)cccc3[C@@H]2N1CC(C)C. The van der Waals surface area contributed by atoms with E-state index in [-0.39, 0.29) is 6.10 Å². The summed E-state index contributed by atoms with van der Waals surface area (Å²) in [7, 11) is 0. The van der Waals surface area contributed by atoms with Gasteiger partial charge in [0.1, 0.15) is 11.8 Å². The molecule has 0 spiro atoms. The summed E-state index contributed by atoms with van der Waals surface area (Å²) in [5.74, 6) is 2.66. The van der Waals surface area contributed by atoms with E-state index in [1.165, 1.54) is 16.8 Å². The van der Waals surface area contributed by atoms with Gasteiger partial charge in [-0.25, -0.2) is 0 Å². The fourth-order valence-electron chi connectivity index (χ4n) is 5.36. The summed E-state index contributed by atoms with van der Waals surface area (Å²) in [4.78, 5) is 7.21. The summed E-state index contributed by atoms with van der Waals surface area (Å²) < 4.78 is 11.4. The maximum Gasteiger partial charge on any atom is 0.258 e. The molecule has 0 N–H and O–H groups in total. The number of benzene rings is 2. The molecule has 1 fully saturated rings. The van der Waals surface area contributed by atoms with Crippen molar-refractivity contribution >= 4 is 0 Å². The van der Waals surface area contributed by atoms with Crippen LogP contribution in [0.25, 0.3) is 22.8 Å². The Hall–Kier alpha value is -3.59. The molecule has 0 bridgehead atoms. The second kappa shape index (κ2) is 8.64. The van der Waals surface area contributed by atoms with Crippen LogP contribution in [-0.2, 0) is 6.42 Å². The Labute approximate surface area is 200 Å². The first kappa shape index (κ1) is 22.2. The number of nitrogens with zero attached hydrogens (tertiary/aromatic N) is 4. The number of rotatable bonds is 6. The maximum absolute atomic E-state index is 9.56. The smallest absolute Gasteiger partial charge is 0.258 e. The molecule has 2 aliphatic rings. The number of ether oxygens (including phenoxy) is 1. The zero-order chi connectivity index (χ0) is 24.0. The van der Waals surface area contributed by atoms with Crippen LogP contribution < -0.4 is 4.74 Å². The first-order chi connectivity index (χ1) is 16.4. The molecule has 2 atom stereocenters. The highest BCUT2D eigenvalue weighted by atomic mass is 16.5. The lowest BCUT2D eigenvalue weighted by Gasteiger charge is -2.29. The van der Waals surface area contributed by atoms with Crippen LogP contribution in [0.1, 0.15) is 56.8 Å². The van der Waals surface area contributed by atoms with Gasteiger partial charge in [0.2, 0.25) is 5.82 Å². The lowest BCUT2D eigenvalue weighted by Crippen LogP contribution is -2.26. The molecule has 2 heterocycles. The fraction of sp³-hybridized carbons (Fsp3) is 0.393. The topological polar surface area (TPSA) is 75.2 Å². The summed E-state index contributed by atoms with van der Waals surface area (Å²) >= 11 is 0.